The minimum atomic E-state index is -0.370. The van der Waals surface area contributed by atoms with E-state index in [-0.39, 0.29) is 35.6 Å². The lowest BCUT2D eigenvalue weighted by atomic mass is 10.2. The van der Waals surface area contributed by atoms with Gasteiger partial charge in [-0.05, 0) is 47.5 Å². The van der Waals surface area contributed by atoms with Gasteiger partial charge in [-0.25, -0.2) is 8.78 Å². The van der Waals surface area contributed by atoms with Crippen LogP contribution in [0.2, 0.25) is 0 Å². The predicted molar refractivity (Wildman–Crippen MR) is 113 cm³/mol. The van der Waals surface area contributed by atoms with Crippen LogP contribution in [0.5, 0.6) is 5.88 Å². The molecule has 156 valence electrons. The molecule has 0 atom stereocenters. The fraction of sp³-hybridized carbons (Fsp3) is 0.0833. The monoisotopic (exact) mass is 419 g/mol. The number of hydrogen-bond donors (Lipinski definition) is 1. The molecule has 0 aliphatic rings. The summed E-state index contributed by atoms with van der Waals surface area (Å²) in [6.45, 7) is 0.464. The normalized spacial score (nSPS) is 10.6. The summed E-state index contributed by atoms with van der Waals surface area (Å²) in [4.78, 5) is 12.9. The molecule has 7 heteroatoms. The number of anilines is 1. The highest BCUT2D eigenvalue weighted by Crippen LogP contribution is 2.21. The molecule has 3 aromatic carbocycles. The van der Waals surface area contributed by atoms with Gasteiger partial charge >= 0.3 is 0 Å². The Morgan fingerprint density at radius 3 is 2.13 bits per heavy atom. The Labute approximate surface area is 177 Å². The van der Waals surface area contributed by atoms with Gasteiger partial charge in [-0.1, -0.05) is 42.5 Å². The van der Waals surface area contributed by atoms with Crippen molar-refractivity contribution in [2.45, 2.75) is 13.2 Å². The zero-order valence-corrected chi connectivity index (χ0v) is 16.5. The number of halogens is 2. The average molecular weight is 419 g/mol. The molecule has 0 aliphatic carbocycles. The van der Waals surface area contributed by atoms with Crippen LogP contribution in [0.1, 0.15) is 21.5 Å². The van der Waals surface area contributed by atoms with Crippen molar-refractivity contribution in [1.29, 1.82) is 0 Å². The second-order valence-corrected chi connectivity index (χ2v) is 6.91. The quantitative estimate of drug-likeness (QED) is 0.457. The van der Waals surface area contributed by atoms with Crippen molar-refractivity contribution in [3.05, 3.63) is 113 Å². The first-order valence-electron chi connectivity index (χ1n) is 9.62. The van der Waals surface area contributed by atoms with Crippen LogP contribution < -0.4 is 10.1 Å². The highest BCUT2D eigenvalue weighted by atomic mass is 19.1. The molecular formula is C24H19F2N3O2. The molecule has 0 unspecified atom stereocenters. The van der Waals surface area contributed by atoms with Crippen LogP contribution in [-0.4, -0.2) is 15.7 Å². The van der Waals surface area contributed by atoms with Gasteiger partial charge in [0.15, 0.2) is 0 Å². The molecule has 4 aromatic rings. The van der Waals surface area contributed by atoms with Crippen LogP contribution in [0.15, 0.2) is 85.1 Å². The van der Waals surface area contributed by atoms with Crippen LogP contribution in [-0.2, 0) is 13.2 Å². The van der Waals surface area contributed by atoms with Crippen molar-refractivity contribution >= 4 is 11.6 Å². The first-order valence-corrected chi connectivity index (χ1v) is 9.62. The number of carbonyl (C=O) groups is 1. The summed E-state index contributed by atoms with van der Waals surface area (Å²) in [5.41, 5.74) is 2.46. The SMILES string of the molecule is O=C(Nc1ccccc1)c1cn(Cc2ccc(F)cc2)nc1OCc1ccc(F)cc1. The molecule has 0 saturated heterocycles. The molecule has 1 heterocycles. The first kappa shape index (κ1) is 20.3. The topological polar surface area (TPSA) is 56.2 Å². The molecule has 0 spiro atoms. The van der Waals surface area contributed by atoms with Crippen LogP contribution in [0.25, 0.3) is 0 Å². The fourth-order valence-corrected chi connectivity index (χ4v) is 2.98. The van der Waals surface area contributed by atoms with E-state index < -0.39 is 0 Å². The van der Waals surface area contributed by atoms with E-state index in [0.717, 1.165) is 11.1 Å². The average Bonchev–Trinajstić information content (AvgIpc) is 3.18. The highest BCUT2D eigenvalue weighted by Gasteiger charge is 2.19. The van der Waals surface area contributed by atoms with Crippen LogP contribution in [0.4, 0.5) is 14.5 Å². The summed E-state index contributed by atoms with van der Waals surface area (Å²) in [6, 6.07) is 21.0. The third kappa shape index (κ3) is 5.33. The molecule has 1 aromatic heterocycles. The maximum atomic E-state index is 13.2. The number of carbonyl (C=O) groups excluding carboxylic acids is 1. The molecule has 1 N–H and O–H groups in total. The number of amides is 1. The van der Waals surface area contributed by atoms with Gasteiger partial charge in [0.1, 0.15) is 23.8 Å². The van der Waals surface area contributed by atoms with Gasteiger partial charge in [-0.3, -0.25) is 9.48 Å². The molecule has 0 aliphatic heterocycles. The fourth-order valence-electron chi connectivity index (χ4n) is 2.98. The summed E-state index contributed by atoms with van der Waals surface area (Å²) in [5.74, 6) is -0.878. The van der Waals surface area contributed by atoms with E-state index in [1.807, 2.05) is 18.2 Å². The number of aromatic nitrogens is 2. The van der Waals surface area contributed by atoms with E-state index in [9.17, 15) is 13.6 Å². The Bertz CT molecular complexity index is 1160. The standard InChI is InChI=1S/C24H19F2N3O2/c25-19-10-6-17(7-11-19)14-29-15-22(23(30)27-21-4-2-1-3-5-21)24(28-29)31-16-18-8-12-20(26)13-9-18/h1-13,15H,14,16H2,(H,27,30). The van der Waals surface area contributed by atoms with E-state index in [1.54, 1.807) is 47.3 Å². The van der Waals surface area contributed by atoms with Crippen LogP contribution in [0.3, 0.4) is 0 Å². The molecule has 4 rings (SSSR count). The molecule has 0 bridgehead atoms. The number of nitrogens with one attached hydrogen (secondary N) is 1. The summed E-state index contributed by atoms with van der Waals surface area (Å²) in [7, 11) is 0. The number of nitrogens with zero attached hydrogens (tertiary/aromatic N) is 2. The number of benzene rings is 3. The Morgan fingerprint density at radius 2 is 1.48 bits per heavy atom. The predicted octanol–water partition coefficient (Wildman–Crippen LogP) is 5.04. The van der Waals surface area contributed by atoms with Gasteiger partial charge in [0.2, 0.25) is 5.88 Å². The van der Waals surface area contributed by atoms with Crippen LogP contribution >= 0.6 is 0 Å². The van der Waals surface area contributed by atoms with E-state index in [0.29, 0.717) is 12.2 Å². The second kappa shape index (κ2) is 9.21. The smallest absolute Gasteiger partial charge is 0.262 e. The van der Waals surface area contributed by atoms with Crippen molar-refractivity contribution in [2.24, 2.45) is 0 Å². The summed E-state index contributed by atoms with van der Waals surface area (Å²) in [6.07, 6.45) is 1.58. The number of rotatable bonds is 7. The Kier molecular flexibility index (Phi) is 6.03. The van der Waals surface area contributed by atoms with E-state index in [4.69, 9.17) is 4.74 Å². The molecule has 0 saturated carbocycles. The van der Waals surface area contributed by atoms with Crippen molar-refractivity contribution in [2.75, 3.05) is 5.32 Å². The first-order chi connectivity index (χ1) is 15.1. The Hall–Kier alpha value is -4.00. The van der Waals surface area contributed by atoms with Gasteiger partial charge < -0.3 is 10.1 Å². The molecule has 5 nitrogen and oxygen atoms in total. The zero-order valence-electron chi connectivity index (χ0n) is 16.5. The largest absolute Gasteiger partial charge is 0.471 e. The highest BCUT2D eigenvalue weighted by molar-refractivity contribution is 6.05. The van der Waals surface area contributed by atoms with Gasteiger partial charge in [-0.2, -0.15) is 0 Å². The molecule has 31 heavy (non-hydrogen) atoms. The molecule has 0 radical (unpaired) electrons. The van der Waals surface area contributed by atoms with E-state index >= 15 is 0 Å². The number of hydrogen-bond acceptors (Lipinski definition) is 3. The van der Waals surface area contributed by atoms with E-state index in [2.05, 4.69) is 10.4 Å². The van der Waals surface area contributed by atoms with Gasteiger partial charge in [0.05, 0.1) is 6.54 Å². The molecular weight excluding hydrogens is 400 g/mol. The van der Waals surface area contributed by atoms with Crippen molar-refractivity contribution in [3.8, 4) is 5.88 Å². The zero-order chi connectivity index (χ0) is 21.6. The Morgan fingerprint density at radius 1 is 0.871 bits per heavy atom. The number of ether oxygens (including phenoxy) is 1. The molecule has 1 amide bonds. The minimum Gasteiger partial charge on any atom is -0.471 e. The summed E-state index contributed by atoms with van der Waals surface area (Å²) in [5, 5.41) is 7.21. The maximum Gasteiger partial charge on any atom is 0.262 e. The second-order valence-electron chi connectivity index (χ2n) is 6.91. The lowest BCUT2D eigenvalue weighted by Gasteiger charge is -2.07. The lowest BCUT2D eigenvalue weighted by Crippen LogP contribution is -2.12. The van der Waals surface area contributed by atoms with Crippen LogP contribution in [0, 0.1) is 11.6 Å². The minimum absolute atomic E-state index is 0.124. The summed E-state index contributed by atoms with van der Waals surface area (Å²) >= 11 is 0. The number of para-hydroxylation sites is 1. The van der Waals surface area contributed by atoms with Crippen molar-refractivity contribution < 1.29 is 18.3 Å². The molecule has 0 fully saturated rings. The van der Waals surface area contributed by atoms with Gasteiger partial charge in [0.25, 0.3) is 5.91 Å². The Balaban J connectivity index is 1.56. The maximum absolute atomic E-state index is 13.2. The van der Waals surface area contributed by atoms with E-state index in [1.165, 1.54) is 24.3 Å². The van der Waals surface area contributed by atoms with Gasteiger partial charge in [-0.15, -0.1) is 5.10 Å². The third-order valence-electron chi connectivity index (χ3n) is 4.55. The van der Waals surface area contributed by atoms with Crippen molar-refractivity contribution in [3.63, 3.8) is 0 Å². The summed E-state index contributed by atoms with van der Waals surface area (Å²) < 4.78 is 33.7. The lowest BCUT2D eigenvalue weighted by molar-refractivity contribution is 0.102. The van der Waals surface area contributed by atoms with Gasteiger partial charge in [0, 0.05) is 11.9 Å². The third-order valence-corrected chi connectivity index (χ3v) is 4.55. The van der Waals surface area contributed by atoms with Crippen molar-refractivity contribution in [1.82, 2.24) is 9.78 Å².